The van der Waals surface area contributed by atoms with Gasteiger partial charge < -0.3 is 25.3 Å². The number of anilines is 1. The molecule has 0 amide bonds. The average molecular weight is 395 g/mol. The number of nitrogens with zero attached hydrogens (tertiary/aromatic N) is 1. The molecule has 3 aromatic carbocycles. The van der Waals surface area contributed by atoms with E-state index in [0.29, 0.717) is 29.5 Å². The van der Waals surface area contributed by atoms with E-state index in [0.717, 1.165) is 11.3 Å². The van der Waals surface area contributed by atoms with E-state index in [4.69, 9.17) is 19.9 Å². The van der Waals surface area contributed by atoms with Crippen molar-refractivity contribution in [3.63, 3.8) is 0 Å². The van der Waals surface area contributed by atoms with E-state index in [1.54, 1.807) is 38.5 Å². The molecule has 0 bridgehead atoms. The summed E-state index contributed by atoms with van der Waals surface area (Å²) in [5, 5.41) is 3.02. The summed E-state index contributed by atoms with van der Waals surface area (Å²) >= 11 is 0. The SMILES string of the molecule is COc1ccc(NC(N)=NCc2ccc(Oc3ccc(F)cc3)cc2)cc1OC. The first kappa shape index (κ1) is 20.0. The first-order valence-electron chi connectivity index (χ1n) is 8.88. The zero-order chi connectivity index (χ0) is 20.6. The minimum absolute atomic E-state index is 0.281. The Bertz CT molecular complexity index is 974. The number of aliphatic imine (C=N–C) groups is 1. The highest BCUT2D eigenvalue weighted by molar-refractivity contribution is 5.92. The van der Waals surface area contributed by atoms with Crippen LogP contribution in [-0.2, 0) is 6.54 Å². The van der Waals surface area contributed by atoms with Crippen molar-refractivity contribution in [1.29, 1.82) is 0 Å². The Balaban J connectivity index is 1.58. The van der Waals surface area contributed by atoms with E-state index in [2.05, 4.69) is 10.3 Å². The molecule has 6 nitrogen and oxygen atoms in total. The Morgan fingerprint density at radius 1 is 0.897 bits per heavy atom. The molecule has 0 aliphatic heterocycles. The standard InChI is InChI=1S/C22H22FN3O3/c1-27-20-12-7-17(13-21(20)28-2)26-22(24)25-14-15-3-8-18(9-4-15)29-19-10-5-16(23)6-11-19/h3-13H,14H2,1-2H3,(H3,24,25,26). The van der Waals surface area contributed by atoms with E-state index in [9.17, 15) is 4.39 Å². The zero-order valence-corrected chi connectivity index (χ0v) is 16.2. The van der Waals surface area contributed by atoms with Crippen LogP contribution in [0.1, 0.15) is 5.56 Å². The molecule has 0 radical (unpaired) electrons. The van der Waals surface area contributed by atoms with E-state index in [1.807, 2.05) is 30.3 Å². The molecular formula is C22H22FN3O3. The molecule has 3 rings (SSSR count). The number of methoxy groups -OCH3 is 2. The lowest BCUT2D eigenvalue weighted by atomic mass is 10.2. The summed E-state index contributed by atoms with van der Waals surface area (Å²) in [6.07, 6.45) is 0. The van der Waals surface area contributed by atoms with Crippen molar-refractivity contribution >= 4 is 11.6 Å². The smallest absolute Gasteiger partial charge is 0.193 e. The maximum absolute atomic E-state index is 12.9. The van der Waals surface area contributed by atoms with Crippen LogP contribution in [0.5, 0.6) is 23.0 Å². The molecule has 3 N–H and O–H groups in total. The van der Waals surface area contributed by atoms with Crippen molar-refractivity contribution in [3.8, 4) is 23.0 Å². The summed E-state index contributed by atoms with van der Waals surface area (Å²) in [7, 11) is 3.15. The molecule has 0 aromatic heterocycles. The topological polar surface area (TPSA) is 78.1 Å². The average Bonchev–Trinajstić information content (AvgIpc) is 2.74. The largest absolute Gasteiger partial charge is 0.493 e. The number of rotatable bonds is 7. The lowest BCUT2D eigenvalue weighted by Gasteiger charge is -2.11. The predicted molar refractivity (Wildman–Crippen MR) is 111 cm³/mol. The number of hydrogen-bond acceptors (Lipinski definition) is 4. The lowest BCUT2D eigenvalue weighted by molar-refractivity contribution is 0.355. The van der Waals surface area contributed by atoms with Gasteiger partial charge in [-0.25, -0.2) is 9.38 Å². The minimum Gasteiger partial charge on any atom is -0.493 e. The third-order valence-electron chi connectivity index (χ3n) is 4.06. The van der Waals surface area contributed by atoms with E-state index in [-0.39, 0.29) is 11.8 Å². The highest BCUT2D eigenvalue weighted by Gasteiger charge is 2.05. The summed E-state index contributed by atoms with van der Waals surface area (Å²) in [4.78, 5) is 4.34. The Morgan fingerprint density at radius 3 is 2.14 bits per heavy atom. The van der Waals surface area contributed by atoms with E-state index < -0.39 is 0 Å². The van der Waals surface area contributed by atoms with Gasteiger partial charge in [-0.1, -0.05) is 12.1 Å². The second-order valence-corrected chi connectivity index (χ2v) is 6.10. The molecule has 0 atom stereocenters. The molecule has 0 saturated heterocycles. The number of hydrogen-bond donors (Lipinski definition) is 2. The van der Waals surface area contributed by atoms with Gasteiger partial charge in [0, 0.05) is 11.8 Å². The number of benzene rings is 3. The normalized spacial score (nSPS) is 11.1. The summed E-state index contributed by atoms with van der Waals surface area (Å²) in [6.45, 7) is 0.406. The van der Waals surface area contributed by atoms with Crippen molar-refractivity contribution in [2.24, 2.45) is 10.7 Å². The Hall–Kier alpha value is -3.74. The molecule has 0 fully saturated rings. The van der Waals surface area contributed by atoms with Crippen molar-refractivity contribution in [2.75, 3.05) is 19.5 Å². The maximum Gasteiger partial charge on any atom is 0.193 e. The molecular weight excluding hydrogens is 373 g/mol. The number of nitrogens with one attached hydrogen (secondary N) is 1. The highest BCUT2D eigenvalue weighted by atomic mass is 19.1. The molecule has 29 heavy (non-hydrogen) atoms. The lowest BCUT2D eigenvalue weighted by Crippen LogP contribution is -2.22. The van der Waals surface area contributed by atoms with Gasteiger partial charge in [-0.2, -0.15) is 0 Å². The van der Waals surface area contributed by atoms with Gasteiger partial charge in [0.1, 0.15) is 17.3 Å². The van der Waals surface area contributed by atoms with Crippen LogP contribution in [0.25, 0.3) is 0 Å². The Labute approximate surface area is 168 Å². The maximum atomic E-state index is 12.9. The van der Waals surface area contributed by atoms with Crippen molar-refractivity contribution in [1.82, 2.24) is 0 Å². The summed E-state index contributed by atoms with van der Waals surface area (Å²) in [5.74, 6) is 2.44. The first-order valence-corrected chi connectivity index (χ1v) is 8.88. The van der Waals surface area contributed by atoms with Gasteiger partial charge in [0.05, 0.1) is 20.8 Å². The molecule has 150 valence electrons. The van der Waals surface area contributed by atoms with Gasteiger partial charge in [0.25, 0.3) is 0 Å². The van der Waals surface area contributed by atoms with Crippen molar-refractivity contribution in [2.45, 2.75) is 6.54 Å². The molecule has 0 aliphatic carbocycles. The third-order valence-corrected chi connectivity index (χ3v) is 4.06. The summed E-state index contributed by atoms with van der Waals surface area (Å²) < 4.78 is 29.1. The minimum atomic E-state index is -0.301. The van der Waals surface area contributed by atoms with Gasteiger partial charge in [-0.3, -0.25) is 0 Å². The van der Waals surface area contributed by atoms with Gasteiger partial charge in [0.2, 0.25) is 0 Å². The molecule has 0 heterocycles. The molecule has 7 heteroatoms. The van der Waals surface area contributed by atoms with Gasteiger partial charge in [-0.05, 0) is 54.1 Å². The third kappa shape index (κ3) is 5.62. The van der Waals surface area contributed by atoms with Crippen LogP contribution in [0.2, 0.25) is 0 Å². The van der Waals surface area contributed by atoms with Crippen LogP contribution in [0, 0.1) is 5.82 Å². The van der Waals surface area contributed by atoms with Crippen LogP contribution in [0.3, 0.4) is 0 Å². The molecule has 0 aliphatic rings. The predicted octanol–water partition coefficient (Wildman–Crippen LogP) is 4.56. The van der Waals surface area contributed by atoms with Crippen LogP contribution >= 0.6 is 0 Å². The van der Waals surface area contributed by atoms with Crippen LogP contribution in [0.15, 0.2) is 71.7 Å². The number of ether oxygens (including phenoxy) is 3. The number of guanidine groups is 1. The fraction of sp³-hybridized carbons (Fsp3) is 0.136. The van der Waals surface area contributed by atoms with Gasteiger partial charge >= 0.3 is 0 Å². The molecule has 0 unspecified atom stereocenters. The molecule has 0 saturated carbocycles. The van der Waals surface area contributed by atoms with Crippen LogP contribution in [0.4, 0.5) is 10.1 Å². The van der Waals surface area contributed by atoms with Crippen molar-refractivity contribution in [3.05, 3.63) is 78.1 Å². The Kier molecular flexibility index (Phi) is 6.52. The van der Waals surface area contributed by atoms with E-state index in [1.165, 1.54) is 12.1 Å². The van der Waals surface area contributed by atoms with E-state index >= 15 is 0 Å². The first-order chi connectivity index (χ1) is 14.1. The number of halogens is 1. The highest BCUT2D eigenvalue weighted by Crippen LogP contribution is 2.29. The van der Waals surface area contributed by atoms with Gasteiger partial charge in [-0.15, -0.1) is 0 Å². The second kappa shape index (κ2) is 9.45. The van der Waals surface area contributed by atoms with Crippen LogP contribution in [-0.4, -0.2) is 20.2 Å². The van der Waals surface area contributed by atoms with Crippen LogP contribution < -0.4 is 25.3 Å². The van der Waals surface area contributed by atoms with Gasteiger partial charge in [0.15, 0.2) is 17.5 Å². The number of nitrogens with two attached hydrogens (primary N) is 1. The zero-order valence-electron chi connectivity index (χ0n) is 16.2. The van der Waals surface area contributed by atoms with Crippen molar-refractivity contribution < 1.29 is 18.6 Å². The fourth-order valence-electron chi connectivity index (χ4n) is 2.58. The summed E-state index contributed by atoms with van der Waals surface area (Å²) in [6, 6.07) is 18.7. The fourth-order valence-corrected chi connectivity index (χ4v) is 2.58. The second-order valence-electron chi connectivity index (χ2n) is 6.10. The Morgan fingerprint density at radius 2 is 1.52 bits per heavy atom. The molecule has 0 spiro atoms. The molecule has 3 aromatic rings. The summed E-state index contributed by atoms with van der Waals surface area (Å²) in [5.41, 5.74) is 7.68. The quantitative estimate of drug-likeness (QED) is 0.453. The monoisotopic (exact) mass is 395 g/mol.